The van der Waals surface area contributed by atoms with Crippen molar-refractivity contribution in [3.05, 3.63) is 152 Å². The van der Waals surface area contributed by atoms with Crippen molar-refractivity contribution in [2.24, 2.45) is 0 Å². The largest absolute Gasteiger partial charge is 0.497 e. The lowest BCUT2D eigenvalue weighted by Crippen LogP contribution is -2.42. The van der Waals surface area contributed by atoms with E-state index in [0.29, 0.717) is 23.3 Å². The van der Waals surface area contributed by atoms with E-state index in [2.05, 4.69) is 18.5 Å². The Hall–Kier alpha value is -5.38. The standard InChI is InChI=1S/C35H35F2N3O5/c1-8-10-26(28(21(3)4)19-31(45-7)22(5)6)32(41)27-16-13-24(18-30(27)37)38-33(42)29-20-39(17-9-2)35(44)40(34(29)43)25-14-11-23(36)12-15-25/h8,10-16,18-20H,1,3,9,17H2,2,4-7H3,(H,38,42). The first-order chi connectivity index (χ1) is 21.3. The number of methoxy groups -OCH3 is 1. The number of amides is 1. The van der Waals surface area contributed by atoms with Crippen LogP contribution in [0, 0.1) is 11.6 Å². The van der Waals surface area contributed by atoms with Crippen LogP contribution in [0.25, 0.3) is 5.69 Å². The average molecular weight is 616 g/mol. The van der Waals surface area contributed by atoms with E-state index in [4.69, 9.17) is 4.74 Å². The van der Waals surface area contributed by atoms with Crippen LogP contribution < -0.4 is 16.6 Å². The molecule has 1 heterocycles. The molecular weight excluding hydrogens is 580 g/mol. The van der Waals surface area contributed by atoms with Gasteiger partial charge in [0.1, 0.15) is 23.0 Å². The van der Waals surface area contributed by atoms with Gasteiger partial charge in [-0.2, -0.15) is 0 Å². The Balaban J connectivity index is 2.02. The van der Waals surface area contributed by atoms with E-state index in [-0.39, 0.29) is 29.1 Å². The van der Waals surface area contributed by atoms with Gasteiger partial charge in [0.2, 0.25) is 0 Å². The molecule has 8 nitrogen and oxygen atoms in total. The van der Waals surface area contributed by atoms with Crippen molar-refractivity contribution < 1.29 is 23.1 Å². The smallest absolute Gasteiger partial charge is 0.335 e. The van der Waals surface area contributed by atoms with Gasteiger partial charge in [0.05, 0.1) is 18.4 Å². The minimum atomic E-state index is -0.936. The van der Waals surface area contributed by atoms with Gasteiger partial charge in [-0.1, -0.05) is 37.8 Å². The molecule has 0 fully saturated rings. The predicted molar refractivity (Wildman–Crippen MR) is 172 cm³/mol. The summed E-state index contributed by atoms with van der Waals surface area (Å²) in [6.07, 6.45) is 6.16. The Kier molecular flexibility index (Phi) is 11.3. The van der Waals surface area contributed by atoms with Crippen molar-refractivity contribution in [2.75, 3.05) is 12.4 Å². The third-order valence-corrected chi connectivity index (χ3v) is 6.69. The number of nitrogens with one attached hydrogen (secondary N) is 1. The van der Waals surface area contributed by atoms with Gasteiger partial charge in [0.15, 0.2) is 5.78 Å². The molecule has 0 atom stereocenters. The van der Waals surface area contributed by atoms with Gasteiger partial charge in [-0.05, 0) is 86.9 Å². The van der Waals surface area contributed by atoms with Gasteiger partial charge in [0.25, 0.3) is 11.5 Å². The Morgan fingerprint density at radius 1 is 1.00 bits per heavy atom. The van der Waals surface area contributed by atoms with E-state index in [1.807, 2.05) is 20.8 Å². The highest BCUT2D eigenvalue weighted by Crippen LogP contribution is 2.27. The van der Waals surface area contributed by atoms with Crippen molar-refractivity contribution >= 4 is 17.4 Å². The molecule has 0 aliphatic heterocycles. The van der Waals surface area contributed by atoms with Gasteiger partial charge in [-0.15, -0.1) is 0 Å². The van der Waals surface area contributed by atoms with Crippen LogP contribution in [0.2, 0.25) is 0 Å². The molecule has 0 aliphatic carbocycles. The molecule has 0 spiro atoms. The average Bonchev–Trinajstić information content (AvgIpc) is 2.98. The first-order valence-electron chi connectivity index (χ1n) is 14.0. The third kappa shape index (κ3) is 7.77. The summed E-state index contributed by atoms with van der Waals surface area (Å²) in [5.41, 5.74) is -0.331. The molecule has 1 amide bonds. The van der Waals surface area contributed by atoms with E-state index in [0.717, 1.165) is 34.5 Å². The highest BCUT2D eigenvalue weighted by molar-refractivity contribution is 6.13. The first-order valence-corrected chi connectivity index (χ1v) is 14.0. The number of carbonyl (C=O) groups excluding carboxylic acids is 2. The molecule has 0 saturated carbocycles. The van der Waals surface area contributed by atoms with Crippen molar-refractivity contribution in [3.8, 4) is 5.69 Å². The molecule has 10 heteroatoms. The summed E-state index contributed by atoms with van der Waals surface area (Å²) in [4.78, 5) is 53.2. The van der Waals surface area contributed by atoms with Gasteiger partial charge in [-0.25, -0.2) is 18.1 Å². The SMILES string of the molecule is C=CC=C(C(=O)c1ccc(NC(=O)c2cn(CCC)c(=O)n(-c3ccc(F)cc3)c2=O)cc1F)C(=CC(OC)=C(C)C)C(=C)C. The van der Waals surface area contributed by atoms with Gasteiger partial charge < -0.3 is 10.1 Å². The second-order valence-electron chi connectivity index (χ2n) is 10.3. The third-order valence-electron chi connectivity index (χ3n) is 6.69. The number of hydrogen-bond acceptors (Lipinski definition) is 5. The van der Waals surface area contributed by atoms with Crippen LogP contribution in [-0.4, -0.2) is 27.9 Å². The van der Waals surface area contributed by atoms with E-state index < -0.39 is 40.1 Å². The molecule has 0 radical (unpaired) electrons. The molecule has 3 aromatic rings. The molecule has 234 valence electrons. The Morgan fingerprint density at radius 2 is 1.67 bits per heavy atom. The molecule has 1 aromatic heterocycles. The molecule has 0 unspecified atom stereocenters. The summed E-state index contributed by atoms with van der Waals surface area (Å²) in [6, 6.07) is 8.17. The Morgan fingerprint density at radius 3 is 2.20 bits per heavy atom. The fourth-order valence-electron chi connectivity index (χ4n) is 4.47. The minimum absolute atomic E-state index is 0.0360. The maximum Gasteiger partial charge on any atom is 0.335 e. The number of rotatable bonds is 12. The zero-order chi connectivity index (χ0) is 33.4. The second-order valence-corrected chi connectivity index (χ2v) is 10.3. The second kappa shape index (κ2) is 14.9. The fraction of sp³-hybridized carbons (Fsp3) is 0.200. The number of carbonyl (C=O) groups is 2. The summed E-state index contributed by atoms with van der Waals surface area (Å²) in [5, 5.41) is 2.47. The van der Waals surface area contributed by atoms with Crippen LogP contribution in [-0.2, 0) is 11.3 Å². The van der Waals surface area contributed by atoms with Crippen LogP contribution in [0.4, 0.5) is 14.5 Å². The molecular formula is C35H35F2N3O5. The molecule has 0 saturated heterocycles. The van der Waals surface area contributed by atoms with Gasteiger partial charge in [-0.3, -0.25) is 19.0 Å². The lowest BCUT2D eigenvalue weighted by atomic mass is 9.91. The number of anilines is 1. The number of benzene rings is 2. The maximum absolute atomic E-state index is 15.4. The number of ketones is 1. The molecule has 3 rings (SSSR count). The number of aryl methyl sites for hydroxylation is 1. The number of halogens is 2. The van der Waals surface area contributed by atoms with Crippen molar-refractivity contribution in [1.82, 2.24) is 9.13 Å². The molecule has 0 bridgehead atoms. The van der Waals surface area contributed by atoms with Crippen LogP contribution in [0.5, 0.6) is 0 Å². The Labute approximate surface area is 260 Å². The van der Waals surface area contributed by atoms with Gasteiger partial charge in [0, 0.05) is 24.0 Å². The molecule has 0 aliphatic rings. The number of hydrogen-bond donors (Lipinski definition) is 1. The van der Waals surface area contributed by atoms with Gasteiger partial charge >= 0.3 is 5.69 Å². The van der Waals surface area contributed by atoms with E-state index in [1.165, 1.54) is 48.1 Å². The van der Waals surface area contributed by atoms with Crippen molar-refractivity contribution in [1.29, 1.82) is 0 Å². The van der Waals surface area contributed by atoms with Crippen molar-refractivity contribution in [3.63, 3.8) is 0 Å². The quantitative estimate of drug-likeness (QED) is 0.106. The molecule has 2 aromatic carbocycles. The molecule has 1 N–H and O–H groups in total. The van der Waals surface area contributed by atoms with E-state index in [9.17, 15) is 23.6 Å². The highest BCUT2D eigenvalue weighted by Gasteiger charge is 2.23. The summed E-state index contributed by atoms with van der Waals surface area (Å²) in [7, 11) is 1.50. The number of nitrogens with zero attached hydrogens (tertiary/aromatic N) is 2. The Bertz CT molecular complexity index is 1870. The maximum atomic E-state index is 15.4. The topological polar surface area (TPSA) is 99.4 Å². The van der Waals surface area contributed by atoms with Crippen LogP contribution in [0.15, 0.2) is 118 Å². The summed E-state index contributed by atoms with van der Waals surface area (Å²) < 4.78 is 36.3. The number of allylic oxidation sites excluding steroid dienone is 7. The van der Waals surface area contributed by atoms with Crippen molar-refractivity contribution in [2.45, 2.75) is 40.7 Å². The number of ether oxygens (including phenoxy) is 1. The first kappa shape index (κ1) is 34.1. The normalized spacial score (nSPS) is 11.5. The summed E-state index contributed by atoms with van der Waals surface area (Å²) in [6.45, 7) is 15.0. The van der Waals surface area contributed by atoms with E-state index >= 15 is 4.39 Å². The monoisotopic (exact) mass is 615 g/mol. The highest BCUT2D eigenvalue weighted by atomic mass is 19.1. The zero-order valence-electron chi connectivity index (χ0n) is 25.9. The molecule has 45 heavy (non-hydrogen) atoms. The number of Topliss-reactive ketones (excluding diaryl/α,β-unsaturated/α-hetero) is 1. The van der Waals surface area contributed by atoms with E-state index in [1.54, 1.807) is 13.0 Å². The summed E-state index contributed by atoms with van der Waals surface area (Å²) >= 11 is 0. The fourth-order valence-corrected chi connectivity index (χ4v) is 4.47. The lowest BCUT2D eigenvalue weighted by molar-refractivity contribution is 0.102. The lowest BCUT2D eigenvalue weighted by Gasteiger charge is -2.15. The van der Waals surface area contributed by atoms with Crippen LogP contribution >= 0.6 is 0 Å². The van der Waals surface area contributed by atoms with Crippen LogP contribution in [0.3, 0.4) is 0 Å². The zero-order valence-corrected chi connectivity index (χ0v) is 25.9. The predicted octanol–water partition coefficient (Wildman–Crippen LogP) is 6.68. The minimum Gasteiger partial charge on any atom is -0.497 e. The summed E-state index contributed by atoms with van der Waals surface area (Å²) in [5.74, 6) is -2.55. The number of aromatic nitrogens is 2. The van der Waals surface area contributed by atoms with Crippen LogP contribution in [0.1, 0.15) is 54.8 Å².